The van der Waals surface area contributed by atoms with Crippen LogP contribution in [0.15, 0.2) is 46.9 Å². The number of benzene rings is 2. The van der Waals surface area contributed by atoms with Crippen molar-refractivity contribution in [1.29, 1.82) is 0 Å². The molecule has 18 heavy (non-hydrogen) atoms. The van der Waals surface area contributed by atoms with E-state index in [-0.39, 0.29) is 0 Å². The lowest BCUT2D eigenvalue weighted by Crippen LogP contribution is -2.00. The number of aryl methyl sites for hydroxylation is 2. The Morgan fingerprint density at radius 2 is 1.67 bits per heavy atom. The standard InChI is InChI=1S/C16H17BrO/c1-3-12-5-8-13(9-6-12)16(18)14-7-4-11(2)15(17)10-14/h4-10,16,18H,3H2,1-2H3. The highest BCUT2D eigenvalue weighted by Crippen LogP contribution is 2.26. The Hall–Kier alpha value is -1.12. The fourth-order valence-corrected chi connectivity index (χ4v) is 2.30. The number of aliphatic hydroxyl groups excluding tert-OH is 1. The summed E-state index contributed by atoms with van der Waals surface area (Å²) in [5, 5.41) is 10.3. The summed E-state index contributed by atoms with van der Waals surface area (Å²) in [6, 6.07) is 14.1. The third kappa shape index (κ3) is 2.82. The van der Waals surface area contributed by atoms with E-state index in [1.807, 2.05) is 37.3 Å². The summed E-state index contributed by atoms with van der Waals surface area (Å²) < 4.78 is 1.03. The summed E-state index contributed by atoms with van der Waals surface area (Å²) in [4.78, 5) is 0. The van der Waals surface area contributed by atoms with Crippen molar-refractivity contribution in [2.45, 2.75) is 26.4 Å². The summed E-state index contributed by atoms with van der Waals surface area (Å²) in [5.41, 5.74) is 4.31. The van der Waals surface area contributed by atoms with E-state index in [9.17, 15) is 5.11 Å². The normalized spacial score (nSPS) is 12.4. The van der Waals surface area contributed by atoms with Gasteiger partial charge in [-0.3, -0.25) is 0 Å². The fourth-order valence-electron chi connectivity index (χ4n) is 1.91. The predicted octanol–water partition coefficient (Wildman–Crippen LogP) is 4.40. The minimum Gasteiger partial charge on any atom is -0.384 e. The molecule has 1 nitrogen and oxygen atoms in total. The Morgan fingerprint density at radius 1 is 1.06 bits per heavy atom. The Labute approximate surface area is 117 Å². The van der Waals surface area contributed by atoms with Crippen LogP contribution in [-0.2, 0) is 6.42 Å². The van der Waals surface area contributed by atoms with Crippen LogP contribution in [0.3, 0.4) is 0 Å². The third-order valence-corrected chi connectivity index (χ3v) is 4.07. The maximum Gasteiger partial charge on any atom is 0.104 e. The van der Waals surface area contributed by atoms with Crippen molar-refractivity contribution in [3.8, 4) is 0 Å². The van der Waals surface area contributed by atoms with Crippen LogP contribution in [0.25, 0.3) is 0 Å². The second-order valence-electron chi connectivity index (χ2n) is 4.51. The number of halogens is 1. The molecule has 2 aromatic carbocycles. The first-order chi connectivity index (χ1) is 8.61. The summed E-state index contributed by atoms with van der Waals surface area (Å²) >= 11 is 3.50. The zero-order valence-corrected chi connectivity index (χ0v) is 12.2. The molecule has 0 heterocycles. The van der Waals surface area contributed by atoms with Crippen LogP contribution in [0.1, 0.15) is 35.3 Å². The van der Waals surface area contributed by atoms with E-state index in [1.165, 1.54) is 11.1 Å². The molecule has 1 atom stereocenters. The van der Waals surface area contributed by atoms with Crippen molar-refractivity contribution in [2.24, 2.45) is 0 Å². The van der Waals surface area contributed by atoms with Crippen LogP contribution in [-0.4, -0.2) is 5.11 Å². The quantitative estimate of drug-likeness (QED) is 0.891. The molecule has 0 saturated heterocycles. The van der Waals surface area contributed by atoms with Gasteiger partial charge in [-0.25, -0.2) is 0 Å². The molecule has 0 amide bonds. The molecule has 2 rings (SSSR count). The minimum absolute atomic E-state index is 0.562. The van der Waals surface area contributed by atoms with E-state index in [2.05, 4.69) is 35.0 Å². The molecule has 0 aliphatic heterocycles. The lowest BCUT2D eigenvalue weighted by atomic mass is 9.99. The molecule has 0 fully saturated rings. The topological polar surface area (TPSA) is 20.2 Å². The van der Waals surface area contributed by atoms with Crippen molar-refractivity contribution < 1.29 is 5.11 Å². The van der Waals surface area contributed by atoms with E-state index >= 15 is 0 Å². The molecular formula is C16H17BrO. The monoisotopic (exact) mass is 304 g/mol. The molecule has 0 spiro atoms. The number of rotatable bonds is 3. The van der Waals surface area contributed by atoms with E-state index in [1.54, 1.807) is 0 Å². The van der Waals surface area contributed by atoms with Gasteiger partial charge in [0.2, 0.25) is 0 Å². The van der Waals surface area contributed by atoms with Gasteiger partial charge in [0.1, 0.15) is 6.10 Å². The first-order valence-corrected chi connectivity index (χ1v) is 6.94. The van der Waals surface area contributed by atoms with Gasteiger partial charge in [0.05, 0.1) is 0 Å². The average molecular weight is 305 g/mol. The molecule has 0 bridgehead atoms. The van der Waals surface area contributed by atoms with Gasteiger partial charge in [-0.15, -0.1) is 0 Å². The van der Waals surface area contributed by atoms with Gasteiger partial charge in [-0.05, 0) is 41.7 Å². The molecule has 94 valence electrons. The Morgan fingerprint density at radius 3 is 2.22 bits per heavy atom. The van der Waals surface area contributed by atoms with Gasteiger partial charge in [-0.2, -0.15) is 0 Å². The predicted molar refractivity (Wildman–Crippen MR) is 78.8 cm³/mol. The highest BCUT2D eigenvalue weighted by molar-refractivity contribution is 9.10. The van der Waals surface area contributed by atoms with Gasteiger partial charge in [0.25, 0.3) is 0 Å². The van der Waals surface area contributed by atoms with Crippen molar-refractivity contribution >= 4 is 15.9 Å². The van der Waals surface area contributed by atoms with Gasteiger partial charge >= 0.3 is 0 Å². The largest absolute Gasteiger partial charge is 0.384 e. The van der Waals surface area contributed by atoms with Gasteiger partial charge in [0, 0.05) is 4.47 Å². The van der Waals surface area contributed by atoms with Crippen LogP contribution in [0, 0.1) is 6.92 Å². The molecular weight excluding hydrogens is 288 g/mol. The first kappa shape index (κ1) is 13.3. The molecule has 1 unspecified atom stereocenters. The summed E-state index contributed by atoms with van der Waals surface area (Å²) in [7, 11) is 0. The summed E-state index contributed by atoms with van der Waals surface area (Å²) in [6.45, 7) is 4.17. The van der Waals surface area contributed by atoms with Crippen LogP contribution in [0.2, 0.25) is 0 Å². The maximum atomic E-state index is 10.3. The van der Waals surface area contributed by atoms with Crippen LogP contribution < -0.4 is 0 Å². The average Bonchev–Trinajstić information content (AvgIpc) is 2.41. The molecule has 2 aromatic rings. The lowest BCUT2D eigenvalue weighted by Gasteiger charge is -2.13. The lowest BCUT2D eigenvalue weighted by molar-refractivity contribution is 0.220. The van der Waals surface area contributed by atoms with Gasteiger partial charge in [-0.1, -0.05) is 59.3 Å². The van der Waals surface area contributed by atoms with Crippen molar-refractivity contribution in [2.75, 3.05) is 0 Å². The van der Waals surface area contributed by atoms with Crippen molar-refractivity contribution in [1.82, 2.24) is 0 Å². The van der Waals surface area contributed by atoms with Crippen molar-refractivity contribution in [3.63, 3.8) is 0 Å². The third-order valence-electron chi connectivity index (χ3n) is 3.22. The molecule has 0 aliphatic carbocycles. The van der Waals surface area contributed by atoms with Crippen molar-refractivity contribution in [3.05, 3.63) is 69.2 Å². The Bertz CT molecular complexity index is 531. The molecule has 0 saturated carbocycles. The maximum absolute atomic E-state index is 10.3. The minimum atomic E-state index is -0.562. The zero-order chi connectivity index (χ0) is 13.1. The molecule has 1 N–H and O–H groups in total. The Kier molecular flexibility index (Phi) is 4.20. The highest BCUT2D eigenvalue weighted by atomic mass is 79.9. The molecule has 0 aromatic heterocycles. The van der Waals surface area contributed by atoms with Gasteiger partial charge < -0.3 is 5.11 Å². The summed E-state index contributed by atoms with van der Waals surface area (Å²) in [6.07, 6.45) is 0.458. The van der Waals surface area contributed by atoms with E-state index < -0.39 is 6.10 Å². The van der Waals surface area contributed by atoms with Gasteiger partial charge in [0.15, 0.2) is 0 Å². The van der Waals surface area contributed by atoms with Crippen LogP contribution >= 0.6 is 15.9 Å². The smallest absolute Gasteiger partial charge is 0.104 e. The second-order valence-corrected chi connectivity index (χ2v) is 5.36. The van der Waals surface area contributed by atoms with Crippen LogP contribution in [0.5, 0.6) is 0 Å². The number of hydrogen-bond donors (Lipinski definition) is 1. The first-order valence-electron chi connectivity index (χ1n) is 6.14. The molecule has 2 heteroatoms. The van der Waals surface area contributed by atoms with Crippen LogP contribution in [0.4, 0.5) is 0 Å². The van der Waals surface area contributed by atoms with E-state index in [0.29, 0.717) is 0 Å². The Balaban J connectivity index is 2.28. The highest BCUT2D eigenvalue weighted by Gasteiger charge is 2.11. The zero-order valence-electron chi connectivity index (χ0n) is 10.7. The van der Waals surface area contributed by atoms with E-state index in [4.69, 9.17) is 0 Å². The van der Waals surface area contributed by atoms with E-state index in [0.717, 1.165) is 22.0 Å². The second kappa shape index (κ2) is 5.68. The summed E-state index contributed by atoms with van der Waals surface area (Å²) in [5.74, 6) is 0. The molecule has 0 radical (unpaired) electrons. The molecule has 0 aliphatic rings. The number of aliphatic hydroxyl groups is 1. The number of hydrogen-bond acceptors (Lipinski definition) is 1. The SMILES string of the molecule is CCc1ccc(C(O)c2ccc(C)c(Br)c2)cc1. The fraction of sp³-hybridized carbons (Fsp3) is 0.250.